The van der Waals surface area contributed by atoms with Crippen LogP contribution in [0.4, 0.5) is 4.79 Å². The summed E-state index contributed by atoms with van der Waals surface area (Å²) in [5.74, 6) is 0.299. The minimum Gasteiger partial charge on any atom is -0.446 e. The Labute approximate surface area is 200 Å². The van der Waals surface area contributed by atoms with E-state index in [-0.39, 0.29) is 19.1 Å². The Hall–Kier alpha value is -2.34. The third-order valence-corrected chi connectivity index (χ3v) is 6.48. The number of carbonyl (C=O) groups excluding carboxylic acids is 2. The predicted octanol–water partition coefficient (Wildman–Crippen LogP) is 3.67. The number of morpholine rings is 1. The molecule has 1 saturated carbocycles. The highest BCUT2D eigenvalue weighted by atomic mass is 35.5. The first-order valence-electron chi connectivity index (χ1n) is 11.6. The number of nitrogens with one attached hydrogen (secondary N) is 1. The topological polar surface area (TPSA) is 101 Å². The third kappa shape index (κ3) is 8.18. The zero-order valence-corrected chi connectivity index (χ0v) is 19.6. The zero-order valence-electron chi connectivity index (χ0n) is 18.8. The first kappa shape index (κ1) is 25.3. The van der Waals surface area contributed by atoms with E-state index in [0.717, 1.165) is 31.2 Å². The van der Waals surface area contributed by atoms with Gasteiger partial charge in [0.1, 0.15) is 12.6 Å². The molecule has 3 rings (SSSR count). The van der Waals surface area contributed by atoms with Crippen molar-refractivity contribution < 1.29 is 23.8 Å². The van der Waals surface area contributed by atoms with E-state index in [9.17, 15) is 14.9 Å². The van der Waals surface area contributed by atoms with Crippen LogP contribution in [0.5, 0.6) is 0 Å². The molecular formula is C24H32ClN3O5. The van der Waals surface area contributed by atoms with Crippen LogP contribution in [0, 0.1) is 17.2 Å². The quantitative estimate of drug-likeness (QED) is 0.582. The second kappa shape index (κ2) is 13.4. The lowest BCUT2D eigenvalue weighted by atomic mass is 9.84. The van der Waals surface area contributed by atoms with E-state index in [1.807, 2.05) is 18.2 Å². The summed E-state index contributed by atoms with van der Waals surface area (Å²) >= 11 is 6.11. The first-order valence-corrected chi connectivity index (χ1v) is 12.0. The second-order valence-corrected chi connectivity index (χ2v) is 8.90. The van der Waals surface area contributed by atoms with E-state index in [4.69, 9.17) is 25.8 Å². The van der Waals surface area contributed by atoms with Crippen LogP contribution in [0.25, 0.3) is 0 Å². The molecule has 1 aromatic rings. The summed E-state index contributed by atoms with van der Waals surface area (Å²) in [5, 5.41) is 12.6. The van der Waals surface area contributed by atoms with Gasteiger partial charge in [-0.25, -0.2) is 4.79 Å². The van der Waals surface area contributed by atoms with E-state index in [2.05, 4.69) is 5.32 Å². The molecule has 0 spiro atoms. The Morgan fingerprint density at radius 1 is 1.21 bits per heavy atom. The van der Waals surface area contributed by atoms with Gasteiger partial charge in [0.15, 0.2) is 6.10 Å². The summed E-state index contributed by atoms with van der Waals surface area (Å²) < 4.78 is 16.1. The van der Waals surface area contributed by atoms with Gasteiger partial charge in [-0.2, -0.15) is 5.26 Å². The number of ether oxygens (including phenoxy) is 3. The van der Waals surface area contributed by atoms with E-state index in [0.29, 0.717) is 43.7 Å². The SMILES string of the molecule is N#CC(COC(=O)NC(CC1CCCCC1)C(=O)N1CCOCC1)OCc1ccccc1Cl. The molecule has 1 aromatic carbocycles. The van der Waals surface area contributed by atoms with Crippen molar-refractivity contribution in [1.82, 2.24) is 10.2 Å². The summed E-state index contributed by atoms with van der Waals surface area (Å²) in [6, 6.07) is 8.51. The number of benzene rings is 1. The minimum atomic E-state index is -0.946. The molecule has 2 unspecified atom stereocenters. The summed E-state index contributed by atoms with van der Waals surface area (Å²) in [6.45, 7) is 1.92. The van der Waals surface area contributed by atoms with Gasteiger partial charge in [-0.3, -0.25) is 4.79 Å². The fraction of sp³-hybridized carbons (Fsp3) is 0.625. The molecule has 1 N–H and O–H groups in total. The third-order valence-electron chi connectivity index (χ3n) is 6.11. The number of carbonyl (C=O) groups is 2. The van der Waals surface area contributed by atoms with Crippen LogP contribution < -0.4 is 5.32 Å². The van der Waals surface area contributed by atoms with Crippen molar-refractivity contribution in [3.8, 4) is 6.07 Å². The molecule has 1 aliphatic carbocycles. The van der Waals surface area contributed by atoms with Gasteiger partial charge in [0.25, 0.3) is 0 Å². The Morgan fingerprint density at radius 3 is 2.64 bits per heavy atom. The second-order valence-electron chi connectivity index (χ2n) is 8.49. The molecule has 2 atom stereocenters. The summed E-state index contributed by atoms with van der Waals surface area (Å²) in [6.07, 6.45) is 4.58. The number of nitrogens with zero attached hydrogens (tertiary/aromatic N) is 2. The molecule has 33 heavy (non-hydrogen) atoms. The van der Waals surface area contributed by atoms with Crippen LogP contribution >= 0.6 is 11.6 Å². The predicted molar refractivity (Wildman–Crippen MR) is 123 cm³/mol. The maximum atomic E-state index is 13.1. The van der Waals surface area contributed by atoms with Gasteiger partial charge in [-0.15, -0.1) is 0 Å². The number of hydrogen-bond donors (Lipinski definition) is 1. The van der Waals surface area contributed by atoms with E-state index >= 15 is 0 Å². The molecule has 1 heterocycles. The molecule has 2 aliphatic rings. The van der Waals surface area contributed by atoms with Gasteiger partial charge in [0, 0.05) is 18.1 Å². The van der Waals surface area contributed by atoms with E-state index < -0.39 is 18.2 Å². The Morgan fingerprint density at radius 2 is 1.94 bits per heavy atom. The van der Waals surface area contributed by atoms with Crippen LogP contribution in [0.15, 0.2) is 24.3 Å². The summed E-state index contributed by atoms with van der Waals surface area (Å²) in [7, 11) is 0. The Kier molecular flexibility index (Phi) is 10.3. The van der Waals surface area contributed by atoms with Crippen molar-refractivity contribution >= 4 is 23.6 Å². The van der Waals surface area contributed by atoms with Gasteiger partial charge < -0.3 is 24.4 Å². The van der Waals surface area contributed by atoms with Crippen molar-refractivity contribution in [3.05, 3.63) is 34.9 Å². The lowest BCUT2D eigenvalue weighted by molar-refractivity contribution is -0.138. The van der Waals surface area contributed by atoms with Gasteiger partial charge in [0.2, 0.25) is 5.91 Å². The Bertz CT molecular complexity index is 819. The molecule has 0 aromatic heterocycles. The molecule has 1 saturated heterocycles. The van der Waals surface area contributed by atoms with Crippen molar-refractivity contribution in [2.75, 3.05) is 32.9 Å². The number of halogens is 1. The number of alkyl carbamates (subject to hydrolysis) is 1. The molecule has 180 valence electrons. The number of rotatable bonds is 9. The molecule has 0 bridgehead atoms. The number of nitriles is 1. The fourth-order valence-corrected chi connectivity index (χ4v) is 4.44. The van der Waals surface area contributed by atoms with Crippen LogP contribution in [0.1, 0.15) is 44.1 Å². The molecule has 2 fully saturated rings. The largest absolute Gasteiger partial charge is 0.446 e. The molecule has 2 amide bonds. The monoisotopic (exact) mass is 477 g/mol. The van der Waals surface area contributed by atoms with Gasteiger partial charge in [0.05, 0.1) is 25.9 Å². The number of amides is 2. The molecule has 8 nitrogen and oxygen atoms in total. The van der Waals surface area contributed by atoms with E-state index in [1.165, 1.54) is 6.42 Å². The van der Waals surface area contributed by atoms with Gasteiger partial charge in [-0.05, 0) is 24.0 Å². The molecule has 9 heteroatoms. The van der Waals surface area contributed by atoms with Crippen molar-refractivity contribution in [2.45, 2.75) is 57.3 Å². The highest BCUT2D eigenvalue weighted by molar-refractivity contribution is 6.31. The molecular weight excluding hydrogens is 446 g/mol. The molecule has 0 radical (unpaired) electrons. The van der Waals surface area contributed by atoms with Crippen molar-refractivity contribution in [1.29, 1.82) is 5.26 Å². The van der Waals surface area contributed by atoms with Crippen molar-refractivity contribution in [3.63, 3.8) is 0 Å². The van der Waals surface area contributed by atoms with Gasteiger partial charge in [-0.1, -0.05) is 61.9 Å². The average molecular weight is 478 g/mol. The highest BCUT2D eigenvalue weighted by Crippen LogP contribution is 2.28. The summed E-state index contributed by atoms with van der Waals surface area (Å²) in [5.41, 5.74) is 0.743. The average Bonchev–Trinajstić information content (AvgIpc) is 2.85. The van der Waals surface area contributed by atoms with Crippen LogP contribution in [0.3, 0.4) is 0 Å². The van der Waals surface area contributed by atoms with E-state index in [1.54, 1.807) is 17.0 Å². The van der Waals surface area contributed by atoms with Crippen molar-refractivity contribution in [2.24, 2.45) is 5.92 Å². The lowest BCUT2D eigenvalue weighted by Gasteiger charge is -2.32. The Balaban J connectivity index is 1.52. The standard InChI is InChI=1S/C24H32ClN3O5/c25-21-9-5-4-8-19(21)16-32-20(15-26)17-33-24(30)27-22(14-18-6-2-1-3-7-18)23(29)28-10-12-31-13-11-28/h4-5,8-9,18,20,22H,1-3,6-7,10-14,16-17H2,(H,27,30). The lowest BCUT2D eigenvalue weighted by Crippen LogP contribution is -2.52. The zero-order chi connectivity index (χ0) is 23.5. The smallest absolute Gasteiger partial charge is 0.407 e. The fourth-order valence-electron chi connectivity index (χ4n) is 4.25. The van der Waals surface area contributed by atoms with Gasteiger partial charge >= 0.3 is 6.09 Å². The van der Waals surface area contributed by atoms with Crippen LogP contribution in [0.2, 0.25) is 5.02 Å². The summed E-state index contributed by atoms with van der Waals surface area (Å²) in [4.78, 5) is 27.4. The van der Waals surface area contributed by atoms with Crippen LogP contribution in [-0.2, 0) is 25.6 Å². The normalized spacial score (nSPS) is 18.7. The number of hydrogen-bond acceptors (Lipinski definition) is 6. The highest BCUT2D eigenvalue weighted by Gasteiger charge is 2.30. The maximum Gasteiger partial charge on any atom is 0.407 e. The first-order chi connectivity index (χ1) is 16.1. The molecule has 1 aliphatic heterocycles. The maximum absolute atomic E-state index is 13.1. The minimum absolute atomic E-state index is 0.104. The van der Waals surface area contributed by atoms with Crippen LogP contribution in [-0.4, -0.2) is 62.0 Å².